The Bertz CT molecular complexity index is 3430. The van der Waals surface area contributed by atoms with Crippen molar-refractivity contribution in [1.82, 2.24) is 0 Å². The van der Waals surface area contributed by atoms with Gasteiger partial charge in [0.1, 0.15) is 0 Å². The van der Waals surface area contributed by atoms with E-state index in [-0.39, 0.29) is 0 Å². The molecule has 0 saturated heterocycles. The Hall–Kier alpha value is -7.52. The van der Waals surface area contributed by atoms with E-state index in [2.05, 4.69) is 241 Å². The Morgan fingerprint density at radius 1 is 0.328 bits per heavy atom. The van der Waals surface area contributed by atoms with E-state index in [1.54, 1.807) is 0 Å². The van der Waals surface area contributed by atoms with E-state index in [1.807, 2.05) is 11.3 Å². The quantitative estimate of drug-likeness (QED) is 0.155. The highest BCUT2D eigenvalue weighted by Gasteiger charge is 2.46. The highest BCUT2D eigenvalue weighted by atomic mass is 32.1. The number of benzene rings is 10. The molecule has 10 aromatic carbocycles. The summed E-state index contributed by atoms with van der Waals surface area (Å²) in [5.41, 5.74) is 15.3. The minimum absolute atomic E-state index is 0.528. The Kier molecular flexibility index (Phi) is 8.33. The van der Waals surface area contributed by atoms with Gasteiger partial charge in [0.25, 0.3) is 0 Å². The summed E-state index contributed by atoms with van der Waals surface area (Å²) >= 11 is 1.86. The van der Waals surface area contributed by atoms with Gasteiger partial charge in [-0.3, -0.25) is 0 Å². The van der Waals surface area contributed by atoms with Gasteiger partial charge in [-0.25, -0.2) is 0 Å². The van der Waals surface area contributed by atoms with Crippen LogP contribution in [0.2, 0.25) is 0 Å². The Morgan fingerprint density at radius 3 is 1.82 bits per heavy atom. The molecule has 1 nitrogen and oxygen atoms in total. The van der Waals surface area contributed by atoms with Crippen LogP contribution in [0.25, 0.3) is 64.3 Å². The summed E-state index contributed by atoms with van der Waals surface area (Å²) in [4.78, 5) is 2.45. The number of thiophene rings is 1. The van der Waals surface area contributed by atoms with Gasteiger partial charge in [-0.1, -0.05) is 182 Å². The van der Waals surface area contributed by atoms with Crippen molar-refractivity contribution in [3.05, 3.63) is 259 Å². The summed E-state index contributed by atoms with van der Waals surface area (Å²) in [7, 11) is 0. The van der Waals surface area contributed by atoms with Gasteiger partial charge in [0.15, 0.2) is 0 Å². The average molecular weight is 794 g/mol. The van der Waals surface area contributed by atoms with Gasteiger partial charge in [-0.2, -0.15) is 0 Å². The molecule has 1 aliphatic rings. The first-order valence-electron chi connectivity index (χ1n) is 21.0. The maximum absolute atomic E-state index is 2.47. The Balaban J connectivity index is 1.06. The fourth-order valence-electron chi connectivity index (χ4n) is 10.0. The lowest BCUT2D eigenvalue weighted by Gasteiger charge is -2.34. The Morgan fingerprint density at radius 2 is 0.934 bits per heavy atom. The maximum atomic E-state index is 2.47. The van der Waals surface area contributed by atoms with Crippen molar-refractivity contribution in [1.29, 1.82) is 0 Å². The molecular formula is C59H39NS. The summed E-state index contributed by atoms with van der Waals surface area (Å²) in [6.07, 6.45) is 0. The first kappa shape index (κ1) is 35.4. The van der Waals surface area contributed by atoms with Crippen molar-refractivity contribution in [2.75, 3.05) is 4.90 Å². The summed E-state index contributed by atoms with van der Waals surface area (Å²) in [6, 6.07) is 87.5. The fourth-order valence-corrected chi connectivity index (χ4v) is 11.1. The van der Waals surface area contributed by atoms with Crippen molar-refractivity contribution in [3.8, 4) is 33.4 Å². The summed E-state index contributed by atoms with van der Waals surface area (Å²) in [5.74, 6) is 0. The zero-order valence-electron chi connectivity index (χ0n) is 33.4. The van der Waals surface area contributed by atoms with E-state index >= 15 is 0 Å². The van der Waals surface area contributed by atoms with Crippen LogP contribution in [0.4, 0.5) is 17.1 Å². The molecule has 0 aliphatic heterocycles. The molecule has 1 unspecified atom stereocenters. The third-order valence-corrected chi connectivity index (χ3v) is 13.9. The van der Waals surface area contributed by atoms with E-state index in [9.17, 15) is 0 Å². The van der Waals surface area contributed by atoms with Crippen molar-refractivity contribution in [3.63, 3.8) is 0 Å². The smallest absolute Gasteiger partial charge is 0.0713 e. The average Bonchev–Trinajstić information content (AvgIpc) is 3.86. The summed E-state index contributed by atoms with van der Waals surface area (Å²) in [6.45, 7) is 0. The predicted octanol–water partition coefficient (Wildman–Crippen LogP) is 16.4. The molecule has 0 amide bonds. The third kappa shape index (κ3) is 5.68. The summed E-state index contributed by atoms with van der Waals surface area (Å²) in [5, 5.41) is 5.01. The Labute approximate surface area is 360 Å². The SMILES string of the molecule is c1ccc(-c2cccc(C3(c4ccccc4)c4ccccc4-c4ccc(-c5cccc(N(c6ccc7sc8ccccc8c7c6)c6cccc7ccccc67)c5)cc43)c2)cc1. The van der Waals surface area contributed by atoms with Gasteiger partial charge in [0, 0.05) is 36.9 Å². The van der Waals surface area contributed by atoms with Gasteiger partial charge in [-0.15, -0.1) is 11.3 Å². The molecule has 0 N–H and O–H groups in total. The van der Waals surface area contributed by atoms with Gasteiger partial charge in [0.05, 0.1) is 11.1 Å². The molecule has 12 rings (SSSR count). The van der Waals surface area contributed by atoms with Crippen LogP contribution in [0, 0.1) is 0 Å². The molecule has 0 bridgehead atoms. The minimum atomic E-state index is -0.528. The molecule has 2 heteroatoms. The number of nitrogens with zero attached hydrogens (tertiary/aromatic N) is 1. The van der Waals surface area contributed by atoms with E-state index in [1.165, 1.54) is 86.6 Å². The van der Waals surface area contributed by atoms with Crippen LogP contribution in [0.3, 0.4) is 0 Å². The van der Waals surface area contributed by atoms with E-state index < -0.39 is 5.41 Å². The highest BCUT2D eigenvalue weighted by Crippen LogP contribution is 2.57. The van der Waals surface area contributed by atoms with Crippen LogP contribution < -0.4 is 4.90 Å². The molecule has 0 spiro atoms. The monoisotopic (exact) mass is 793 g/mol. The van der Waals surface area contributed by atoms with Crippen LogP contribution in [-0.4, -0.2) is 0 Å². The van der Waals surface area contributed by atoms with Crippen LogP contribution in [-0.2, 0) is 5.41 Å². The van der Waals surface area contributed by atoms with E-state index in [0.717, 1.165) is 17.1 Å². The second kappa shape index (κ2) is 14.3. The molecule has 61 heavy (non-hydrogen) atoms. The van der Waals surface area contributed by atoms with Gasteiger partial charge in [-0.05, 0) is 116 Å². The number of hydrogen-bond acceptors (Lipinski definition) is 2. The standard InChI is InChI=1S/C59H39NS/c1-3-16-40(17-4-1)42-20-13-24-46(36-42)59(45-22-5-2-6-23-45)54-29-11-9-27-50(54)51-34-32-44(38-55(51)59)43-21-14-25-47(37-43)60(56-30-15-19-41-18-7-8-26-49(41)56)48-33-35-58-53(39-48)52-28-10-12-31-57(52)61-58/h1-39H. The zero-order chi connectivity index (χ0) is 40.3. The van der Waals surface area contributed by atoms with Crippen LogP contribution in [0.15, 0.2) is 237 Å². The topological polar surface area (TPSA) is 3.24 Å². The molecule has 0 fully saturated rings. The lowest BCUT2D eigenvalue weighted by molar-refractivity contribution is 0.769. The molecule has 0 saturated carbocycles. The van der Waals surface area contributed by atoms with Crippen LogP contribution in [0.1, 0.15) is 22.3 Å². The third-order valence-electron chi connectivity index (χ3n) is 12.7. The lowest BCUT2D eigenvalue weighted by Crippen LogP contribution is -2.28. The molecule has 286 valence electrons. The molecule has 11 aromatic rings. The molecule has 1 aromatic heterocycles. The van der Waals surface area contributed by atoms with Crippen molar-refractivity contribution < 1.29 is 0 Å². The fraction of sp³-hybridized carbons (Fsp3) is 0.0169. The molecular weight excluding hydrogens is 755 g/mol. The van der Waals surface area contributed by atoms with Crippen molar-refractivity contribution >= 4 is 59.3 Å². The van der Waals surface area contributed by atoms with Gasteiger partial charge >= 0.3 is 0 Å². The highest BCUT2D eigenvalue weighted by molar-refractivity contribution is 7.25. The second-order valence-electron chi connectivity index (χ2n) is 16.0. The van der Waals surface area contributed by atoms with Gasteiger partial charge in [0.2, 0.25) is 0 Å². The van der Waals surface area contributed by atoms with Crippen LogP contribution in [0.5, 0.6) is 0 Å². The largest absolute Gasteiger partial charge is 0.310 e. The van der Waals surface area contributed by atoms with E-state index in [0.29, 0.717) is 0 Å². The normalized spacial score (nSPS) is 14.3. The zero-order valence-corrected chi connectivity index (χ0v) is 34.2. The number of hydrogen-bond donors (Lipinski definition) is 0. The second-order valence-corrected chi connectivity index (χ2v) is 17.1. The molecule has 1 aliphatic carbocycles. The first-order valence-corrected chi connectivity index (χ1v) is 21.8. The number of anilines is 3. The van der Waals surface area contributed by atoms with Gasteiger partial charge < -0.3 is 4.90 Å². The van der Waals surface area contributed by atoms with Crippen LogP contribution >= 0.6 is 11.3 Å². The first-order chi connectivity index (χ1) is 30.2. The number of rotatable bonds is 7. The summed E-state index contributed by atoms with van der Waals surface area (Å²) < 4.78 is 2.61. The maximum Gasteiger partial charge on any atom is 0.0713 e. The van der Waals surface area contributed by atoms with Crippen molar-refractivity contribution in [2.45, 2.75) is 5.41 Å². The van der Waals surface area contributed by atoms with Crippen molar-refractivity contribution in [2.24, 2.45) is 0 Å². The molecule has 1 heterocycles. The minimum Gasteiger partial charge on any atom is -0.310 e. The lowest BCUT2D eigenvalue weighted by atomic mass is 9.67. The van der Waals surface area contributed by atoms with E-state index in [4.69, 9.17) is 0 Å². The predicted molar refractivity (Wildman–Crippen MR) is 260 cm³/mol. The molecule has 1 atom stereocenters. The molecule has 0 radical (unpaired) electrons. The number of fused-ring (bicyclic) bond motifs is 7.